The molecule has 134 valence electrons. The molecule has 4 aromatic rings. The number of aromatic nitrogens is 2. The minimum atomic E-state index is -0.956. The summed E-state index contributed by atoms with van der Waals surface area (Å²) in [5, 5.41) is 9.97. The first-order valence-corrected chi connectivity index (χ1v) is 8.99. The van der Waals surface area contributed by atoms with Gasteiger partial charge in [0.05, 0.1) is 16.6 Å². The third-order valence-electron chi connectivity index (χ3n) is 4.56. The third kappa shape index (κ3) is 3.57. The van der Waals surface area contributed by atoms with Crippen LogP contribution in [0.4, 0.5) is 0 Å². The first-order chi connectivity index (χ1) is 13.1. The van der Waals surface area contributed by atoms with Gasteiger partial charge in [0.15, 0.2) is 0 Å². The Labute approximate surface area is 161 Å². The number of nitrogens with zero attached hydrogens (tertiary/aromatic N) is 2. The van der Waals surface area contributed by atoms with Crippen molar-refractivity contribution in [2.24, 2.45) is 0 Å². The molecule has 4 nitrogen and oxygen atoms in total. The molecule has 27 heavy (non-hydrogen) atoms. The monoisotopic (exact) mass is 376 g/mol. The summed E-state index contributed by atoms with van der Waals surface area (Å²) in [5.41, 5.74) is 3.96. The molecule has 3 aromatic carbocycles. The Morgan fingerprint density at radius 1 is 1.00 bits per heavy atom. The second-order valence-corrected chi connectivity index (χ2v) is 6.78. The molecular formula is C22H17ClN2O2. The summed E-state index contributed by atoms with van der Waals surface area (Å²) in [6.45, 7) is 0.656. The van der Waals surface area contributed by atoms with Gasteiger partial charge in [0.2, 0.25) is 0 Å². The van der Waals surface area contributed by atoms with Crippen molar-refractivity contribution in [3.8, 4) is 0 Å². The van der Waals surface area contributed by atoms with Crippen molar-refractivity contribution in [2.75, 3.05) is 0 Å². The van der Waals surface area contributed by atoms with Crippen molar-refractivity contribution in [1.82, 2.24) is 9.55 Å². The predicted octanol–water partition coefficient (Wildman–Crippen LogP) is 5.03. The van der Waals surface area contributed by atoms with Gasteiger partial charge in [-0.25, -0.2) is 9.78 Å². The summed E-state index contributed by atoms with van der Waals surface area (Å²) in [6.07, 6.45) is 0.573. The first kappa shape index (κ1) is 17.3. The second kappa shape index (κ2) is 7.25. The SMILES string of the molecule is O=C(O)c1ccc2c(c1)nc(Cc1ccccc1Cl)n2Cc1ccccc1. The van der Waals surface area contributed by atoms with E-state index in [1.54, 1.807) is 12.1 Å². The largest absolute Gasteiger partial charge is 0.478 e. The highest BCUT2D eigenvalue weighted by molar-refractivity contribution is 6.31. The fourth-order valence-corrected chi connectivity index (χ4v) is 3.40. The lowest BCUT2D eigenvalue weighted by atomic mass is 10.1. The number of hydrogen-bond acceptors (Lipinski definition) is 2. The highest BCUT2D eigenvalue weighted by atomic mass is 35.5. The van der Waals surface area contributed by atoms with Crippen molar-refractivity contribution in [1.29, 1.82) is 0 Å². The lowest BCUT2D eigenvalue weighted by Crippen LogP contribution is -2.06. The Bertz CT molecular complexity index is 1120. The maximum absolute atomic E-state index is 11.3. The van der Waals surface area contributed by atoms with Gasteiger partial charge in [-0.1, -0.05) is 60.1 Å². The molecule has 0 atom stereocenters. The fourth-order valence-electron chi connectivity index (χ4n) is 3.20. The number of carbonyl (C=O) groups is 1. The van der Waals surface area contributed by atoms with E-state index < -0.39 is 5.97 Å². The van der Waals surface area contributed by atoms with Gasteiger partial charge in [-0.15, -0.1) is 0 Å². The minimum absolute atomic E-state index is 0.233. The number of aromatic carboxylic acids is 1. The summed E-state index contributed by atoms with van der Waals surface area (Å²) in [4.78, 5) is 16.0. The van der Waals surface area contributed by atoms with Gasteiger partial charge in [0.25, 0.3) is 0 Å². The Kier molecular flexibility index (Phi) is 4.65. The molecule has 0 radical (unpaired) electrons. The van der Waals surface area contributed by atoms with Gasteiger partial charge >= 0.3 is 5.97 Å². The quantitative estimate of drug-likeness (QED) is 0.531. The van der Waals surface area contributed by atoms with Gasteiger partial charge in [-0.3, -0.25) is 0 Å². The molecule has 1 heterocycles. The molecule has 0 aliphatic carbocycles. The van der Waals surface area contributed by atoms with Crippen LogP contribution in [0, 0.1) is 0 Å². The number of rotatable bonds is 5. The van der Waals surface area contributed by atoms with E-state index in [0.29, 0.717) is 23.5 Å². The second-order valence-electron chi connectivity index (χ2n) is 6.38. The van der Waals surface area contributed by atoms with E-state index in [4.69, 9.17) is 16.6 Å². The van der Waals surface area contributed by atoms with Crippen LogP contribution in [-0.2, 0) is 13.0 Å². The summed E-state index contributed by atoms with van der Waals surface area (Å²) in [6, 6.07) is 22.9. The number of carboxylic acid groups (broad SMARTS) is 1. The van der Waals surface area contributed by atoms with E-state index in [2.05, 4.69) is 16.7 Å². The van der Waals surface area contributed by atoms with Gasteiger partial charge in [-0.05, 0) is 35.4 Å². The van der Waals surface area contributed by atoms with Crippen LogP contribution in [0.15, 0.2) is 72.8 Å². The molecule has 0 amide bonds. The fraction of sp³-hybridized carbons (Fsp3) is 0.0909. The maximum Gasteiger partial charge on any atom is 0.335 e. The van der Waals surface area contributed by atoms with Crippen molar-refractivity contribution in [3.05, 3.63) is 100 Å². The zero-order chi connectivity index (χ0) is 18.8. The molecule has 0 aliphatic rings. The zero-order valence-electron chi connectivity index (χ0n) is 14.5. The lowest BCUT2D eigenvalue weighted by Gasteiger charge is -2.10. The molecule has 0 unspecified atom stereocenters. The topological polar surface area (TPSA) is 55.1 Å². The van der Waals surface area contributed by atoms with Crippen LogP contribution < -0.4 is 0 Å². The number of fused-ring (bicyclic) bond motifs is 1. The normalized spacial score (nSPS) is 11.0. The molecule has 0 fully saturated rings. The Balaban J connectivity index is 1.83. The van der Waals surface area contributed by atoms with Gasteiger partial charge in [-0.2, -0.15) is 0 Å². The molecule has 4 rings (SSSR count). The van der Waals surface area contributed by atoms with Gasteiger partial charge in [0.1, 0.15) is 5.82 Å². The highest BCUT2D eigenvalue weighted by Crippen LogP contribution is 2.24. The average Bonchev–Trinajstić information content (AvgIpc) is 3.01. The van der Waals surface area contributed by atoms with Crippen LogP contribution in [0.3, 0.4) is 0 Å². The standard InChI is InChI=1S/C22H17ClN2O2/c23-18-9-5-4-8-16(18)13-21-24-19-12-17(22(26)27)10-11-20(19)25(21)14-15-6-2-1-3-7-15/h1-12H,13-14H2,(H,26,27). The van der Waals surface area contributed by atoms with E-state index in [1.807, 2.05) is 48.5 Å². The van der Waals surface area contributed by atoms with Gasteiger partial charge in [0, 0.05) is 18.0 Å². The highest BCUT2D eigenvalue weighted by Gasteiger charge is 2.15. The molecule has 0 bridgehead atoms. The van der Waals surface area contributed by atoms with E-state index in [-0.39, 0.29) is 5.56 Å². The molecule has 1 aromatic heterocycles. The third-order valence-corrected chi connectivity index (χ3v) is 4.93. The summed E-state index contributed by atoms with van der Waals surface area (Å²) < 4.78 is 2.12. The lowest BCUT2D eigenvalue weighted by molar-refractivity contribution is 0.0697. The number of hydrogen-bond donors (Lipinski definition) is 1. The zero-order valence-corrected chi connectivity index (χ0v) is 15.2. The van der Waals surface area contributed by atoms with Crippen molar-refractivity contribution in [2.45, 2.75) is 13.0 Å². The number of imidazole rings is 1. The molecule has 0 spiro atoms. The van der Waals surface area contributed by atoms with Crippen LogP contribution in [0.5, 0.6) is 0 Å². The van der Waals surface area contributed by atoms with E-state index >= 15 is 0 Å². The number of benzene rings is 3. The van der Waals surface area contributed by atoms with Crippen molar-refractivity contribution in [3.63, 3.8) is 0 Å². The molecule has 0 aliphatic heterocycles. The number of carboxylic acids is 1. The van der Waals surface area contributed by atoms with Crippen LogP contribution in [-0.4, -0.2) is 20.6 Å². The first-order valence-electron chi connectivity index (χ1n) is 8.61. The van der Waals surface area contributed by atoms with Crippen molar-refractivity contribution >= 4 is 28.6 Å². The molecular weight excluding hydrogens is 360 g/mol. The van der Waals surface area contributed by atoms with E-state index in [1.165, 1.54) is 0 Å². The van der Waals surface area contributed by atoms with Crippen LogP contribution in [0.2, 0.25) is 5.02 Å². The Hall–Kier alpha value is -3.11. The van der Waals surface area contributed by atoms with Gasteiger partial charge < -0.3 is 9.67 Å². The van der Waals surface area contributed by atoms with Crippen LogP contribution >= 0.6 is 11.6 Å². The van der Waals surface area contributed by atoms with E-state index in [9.17, 15) is 9.90 Å². The number of halogens is 1. The van der Waals surface area contributed by atoms with Crippen LogP contribution in [0.1, 0.15) is 27.3 Å². The Morgan fingerprint density at radius 2 is 1.74 bits per heavy atom. The minimum Gasteiger partial charge on any atom is -0.478 e. The molecule has 0 saturated carbocycles. The predicted molar refractivity (Wildman–Crippen MR) is 106 cm³/mol. The molecule has 0 saturated heterocycles. The molecule has 5 heteroatoms. The summed E-state index contributed by atoms with van der Waals surface area (Å²) in [7, 11) is 0. The molecule has 1 N–H and O–H groups in total. The average molecular weight is 377 g/mol. The summed E-state index contributed by atoms with van der Waals surface area (Å²) >= 11 is 6.34. The van der Waals surface area contributed by atoms with Crippen LogP contribution in [0.25, 0.3) is 11.0 Å². The summed E-state index contributed by atoms with van der Waals surface area (Å²) in [5.74, 6) is -0.105. The smallest absolute Gasteiger partial charge is 0.335 e. The Morgan fingerprint density at radius 3 is 2.48 bits per heavy atom. The van der Waals surface area contributed by atoms with E-state index in [0.717, 1.165) is 22.5 Å². The van der Waals surface area contributed by atoms with Crippen molar-refractivity contribution < 1.29 is 9.90 Å². The maximum atomic E-state index is 11.3.